The molecule has 0 aliphatic heterocycles. The Kier molecular flexibility index (Phi) is 4.34. The molecule has 3 rings (SSSR count). The minimum Gasteiger partial charge on any atom is -0.408 e. The number of fused-ring (bicyclic) bond motifs is 1. The normalized spacial score (nSPS) is 10.9. The van der Waals surface area contributed by atoms with Crippen LogP contribution in [0.2, 0.25) is 0 Å². The first kappa shape index (κ1) is 15.6. The van der Waals surface area contributed by atoms with E-state index in [1.54, 1.807) is 6.07 Å². The number of H-pyrrole nitrogens is 1. The summed E-state index contributed by atoms with van der Waals surface area (Å²) in [4.78, 5) is 25.8. The van der Waals surface area contributed by atoms with Crippen LogP contribution in [-0.2, 0) is 11.2 Å². The monoisotopic (exact) mass is 374 g/mol. The molecule has 0 atom stereocenters. The minimum absolute atomic E-state index is 0.0486. The summed E-state index contributed by atoms with van der Waals surface area (Å²) in [6, 6.07) is 11.1. The van der Waals surface area contributed by atoms with E-state index < -0.39 is 5.76 Å². The first-order chi connectivity index (χ1) is 11.0. The SMILES string of the molecule is Cc1cc(NC(=O)CCc2ccc3oc(=O)[nH]c3c2)ccc1Br. The molecule has 0 radical (unpaired) electrons. The first-order valence-electron chi connectivity index (χ1n) is 7.19. The predicted molar refractivity (Wildman–Crippen MR) is 92.7 cm³/mol. The van der Waals surface area contributed by atoms with Crippen LogP contribution in [0.1, 0.15) is 17.5 Å². The highest BCUT2D eigenvalue weighted by atomic mass is 79.9. The fourth-order valence-electron chi connectivity index (χ4n) is 2.36. The second-order valence-electron chi connectivity index (χ2n) is 5.36. The maximum Gasteiger partial charge on any atom is 0.417 e. The molecule has 6 heteroatoms. The molecule has 5 nitrogen and oxygen atoms in total. The number of benzene rings is 2. The van der Waals surface area contributed by atoms with E-state index in [-0.39, 0.29) is 5.91 Å². The number of hydrogen-bond donors (Lipinski definition) is 2. The van der Waals surface area contributed by atoms with E-state index in [0.717, 1.165) is 21.3 Å². The molecule has 1 heterocycles. The Morgan fingerprint density at radius 2 is 2.09 bits per heavy atom. The largest absolute Gasteiger partial charge is 0.417 e. The van der Waals surface area contributed by atoms with Gasteiger partial charge in [-0.3, -0.25) is 9.78 Å². The Morgan fingerprint density at radius 3 is 2.87 bits per heavy atom. The van der Waals surface area contributed by atoms with Crippen LogP contribution < -0.4 is 11.1 Å². The lowest BCUT2D eigenvalue weighted by Crippen LogP contribution is -2.12. The van der Waals surface area contributed by atoms with E-state index in [4.69, 9.17) is 4.42 Å². The predicted octanol–water partition coefficient (Wildman–Crippen LogP) is 3.76. The van der Waals surface area contributed by atoms with Crippen LogP contribution >= 0.6 is 15.9 Å². The highest BCUT2D eigenvalue weighted by molar-refractivity contribution is 9.10. The van der Waals surface area contributed by atoms with Crippen LogP contribution in [0.15, 0.2) is 50.1 Å². The summed E-state index contributed by atoms with van der Waals surface area (Å²) in [5.74, 6) is -0.520. The summed E-state index contributed by atoms with van der Waals surface area (Å²) in [6.45, 7) is 1.97. The number of nitrogens with one attached hydrogen (secondary N) is 2. The number of anilines is 1. The summed E-state index contributed by atoms with van der Waals surface area (Å²) in [6.07, 6.45) is 0.952. The maximum absolute atomic E-state index is 12.1. The van der Waals surface area contributed by atoms with E-state index in [1.807, 2.05) is 37.3 Å². The van der Waals surface area contributed by atoms with Gasteiger partial charge in [-0.15, -0.1) is 0 Å². The van der Waals surface area contributed by atoms with Crippen LogP contribution in [0.5, 0.6) is 0 Å². The fourth-order valence-corrected chi connectivity index (χ4v) is 2.61. The number of aromatic nitrogens is 1. The van der Waals surface area contributed by atoms with Gasteiger partial charge in [0.1, 0.15) is 0 Å². The lowest BCUT2D eigenvalue weighted by Gasteiger charge is -2.07. The van der Waals surface area contributed by atoms with Gasteiger partial charge in [0.15, 0.2) is 5.58 Å². The van der Waals surface area contributed by atoms with E-state index in [9.17, 15) is 9.59 Å². The van der Waals surface area contributed by atoms with Crippen LogP contribution in [-0.4, -0.2) is 10.9 Å². The molecular formula is C17H15BrN2O3. The topological polar surface area (TPSA) is 75.1 Å². The summed E-state index contributed by atoms with van der Waals surface area (Å²) >= 11 is 3.43. The number of rotatable bonds is 4. The molecule has 2 aromatic carbocycles. The molecule has 0 saturated carbocycles. The van der Waals surface area contributed by atoms with Crippen LogP contribution in [0, 0.1) is 6.92 Å². The highest BCUT2D eigenvalue weighted by Crippen LogP contribution is 2.20. The lowest BCUT2D eigenvalue weighted by atomic mass is 10.1. The summed E-state index contributed by atoms with van der Waals surface area (Å²) in [5.41, 5.74) is 3.99. The van der Waals surface area contributed by atoms with Crippen molar-refractivity contribution in [3.63, 3.8) is 0 Å². The lowest BCUT2D eigenvalue weighted by molar-refractivity contribution is -0.116. The summed E-state index contributed by atoms with van der Waals surface area (Å²) in [7, 11) is 0. The Balaban J connectivity index is 1.63. The average Bonchev–Trinajstić information content (AvgIpc) is 2.88. The number of oxazole rings is 1. The van der Waals surface area contributed by atoms with Gasteiger partial charge in [0, 0.05) is 16.6 Å². The number of amides is 1. The number of aryl methyl sites for hydroxylation is 2. The van der Waals surface area contributed by atoms with Crippen molar-refractivity contribution in [1.82, 2.24) is 4.98 Å². The van der Waals surface area contributed by atoms with Crippen molar-refractivity contribution in [2.24, 2.45) is 0 Å². The maximum atomic E-state index is 12.1. The zero-order valence-electron chi connectivity index (χ0n) is 12.5. The molecule has 0 aliphatic carbocycles. The van der Waals surface area contributed by atoms with Gasteiger partial charge in [-0.2, -0.15) is 0 Å². The zero-order valence-corrected chi connectivity index (χ0v) is 14.1. The van der Waals surface area contributed by atoms with E-state index >= 15 is 0 Å². The molecule has 0 saturated heterocycles. The zero-order chi connectivity index (χ0) is 16.4. The number of carbonyl (C=O) groups excluding carboxylic acids is 1. The molecule has 2 N–H and O–H groups in total. The molecule has 1 aromatic heterocycles. The third kappa shape index (κ3) is 3.71. The van der Waals surface area contributed by atoms with Crippen LogP contribution in [0.25, 0.3) is 11.1 Å². The van der Waals surface area contributed by atoms with Gasteiger partial charge in [-0.05, 0) is 54.8 Å². The quantitative estimate of drug-likeness (QED) is 0.729. The van der Waals surface area contributed by atoms with Crippen molar-refractivity contribution in [3.8, 4) is 0 Å². The number of carbonyl (C=O) groups is 1. The number of halogens is 1. The van der Waals surface area contributed by atoms with Crippen molar-refractivity contribution >= 4 is 38.6 Å². The average molecular weight is 375 g/mol. The number of hydrogen-bond acceptors (Lipinski definition) is 3. The third-order valence-corrected chi connectivity index (χ3v) is 4.46. The van der Waals surface area contributed by atoms with Gasteiger partial charge in [-0.1, -0.05) is 22.0 Å². The molecule has 0 fully saturated rings. The number of aromatic amines is 1. The molecule has 0 aliphatic rings. The van der Waals surface area contributed by atoms with Gasteiger partial charge in [-0.25, -0.2) is 4.79 Å². The van der Waals surface area contributed by atoms with E-state index in [1.165, 1.54) is 0 Å². The van der Waals surface area contributed by atoms with Crippen molar-refractivity contribution in [2.45, 2.75) is 19.8 Å². The third-order valence-electron chi connectivity index (χ3n) is 3.57. The molecule has 0 spiro atoms. The molecule has 0 bridgehead atoms. The smallest absolute Gasteiger partial charge is 0.408 e. The van der Waals surface area contributed by atoms with E-state index in [0.29, 0.717) is 23.9 Å². The van der Waals surface area contributed by atoms with Gasteiger partial charge < -0.3 is 9.73 Å². The fraction of sp³-hybridized carbons (Fsp3) is 0.176. The van der Waals surface area contributed by atoms with Crippen molar-refractivity contribution in [3.05, 3.63) is 62.5 Å². The van der Waals surface area contributed by atoms with Crippen molar-refractivity contribution in [1.29, 1.82) is 0 Å². The summed E-state index contributed by atoms with van der Waals surface area (Å²) < 4.78 is 5.97. The minimum atomic E-state index is -0.472. The Bertz CT molecular complexity index is 927. The van der Waals surface area contributed by atoms with Crippen LogP contribution in [0.3, 0.4) is 0 Å². The van der Waals surface area contributed by atoms with Gasteiger partial charge in [0.05, 0.1) is 5.52 Å². The molecular weight excluding hydrogens is 360 g/mol. The van der Waals surface area contributed by atoms with Gasteiger partial charge in [0.25, 0.3) is 0 Å². The van der Waals surface area contributed by atoms with Gasteiger partial charge in [0.2, 0.25) is 5.91 Å². The molecule has 3 aromatic rings. The van der Waals surface area contributed by atoms with Crippen molar-refractivity contribution < 1.29 is 9.21 Å². The highest BCUT2D eigenvalue weighted by Gasteiger charge is 2.06. The first-order valence-corrected chi connectivity index (χ1v) is 7.98. The second kappa shape index (κ2) is 6.42. The molecule has 0 unspecified atom stereocenters. The standard InChI is InChI=1S/C17H15BrN2O3/c1-10-8-12(4-5-13(10)18)19-16(21)7-3-11-2-6-15-14(9-11)20-17(22)23-15/h2,4-6,8-9H,3,7H2,1H3,(H,19,21)(H,20,22). The summed E-state index contributed by atoms with van der Waals surface area (Å²) in [5, 5.41) is 2.89. The Hall–Kier alpha value is -2.34. The molecule has 23 heavy (non-hydrogen) atoms. The van der Waals surface area contributed by atoms with E-state index in [2.05, 4.69) is 26.2 Å². The second-order valence-corrected chi connectivity index (χ2v) is 6.21. The van der Waals surface area contributed by atoms with Crippen LogP contribution in [0.4, 0.5) is 5.69 Å². The van der Waals surface area contributed by atoms with Gasteiger partial charge >= 0.3 is 5.76 Å². The molecule has 1 amide bonds. The Morgan fingerprint density at radius 1 is 1.26 bits per heavy atom. The molecule has 118 valence electrons. The Labute approximate surface area is 140 Å². The van der Waals surface area contributed by atoms with Crippen molar-refractivity contribution in [2.75, 3.05) is 5.32 Å².